The summed E-state index contributed by atoms with van der Waals surface area (Å²) in [6.07, 6.45) is 0.282. The molecule has 1 aliphatic rings. The van der Waals surface area contributed by atoms with Crippen LogP contribution in [0.2, 0.25) is 0 Å². The Morgan fingerprint density at radius 2 is 2.27 bits per heavy atom. The molecule has 0 bridgehead atoms. The van der Waals surface area contributed by atoms with E-state index < -0.39 is 5.97 Å². The number of carbonyl (C=O) groups excluding carboxylic acids is 2. The van der Waals surface area contributed by atoms with Crippen LogP contribution in [0.1, 0.15) is 22.8 Å². The Kier molecular flexibility index (Phi) is 2.19. The number of rotatable bonds is 2. The summed E-state index contributed by atoms with van der Waals surface area (Å²) >= 11 is 0. The monoisotopic (exact) mass is 204 g/mol. The minimum Gasteiger partial charge on any atom is -0.545 e. The van der Waals surface area contributed by atoms with Gasteiger partial charge >= 0.3 is 0 Å². The fourth-order valence-electron chi connectivity index (χ4n) is 1.86. The van der Waals surface area contributed by atoms with Crippen molar-refractivity contribution in [2.24, 2.45) is 0 Å². The van der Waals surface area contributed by atoms with Crippen molar-refractivity contribution in [2.45, 2.75) is 13.3 Å². The van der Waals surface area contributed by atoms with E-state index >= 15 is 0 Å². The van der Waals surface area contributed by atoms with E-state index in [4.69, 9.17) is 0 Å². The molecule has 0 N–H and O–H groups in total. The van der Waals surface area contributed by atoms with Crippen molar-refractivity contribution < 1.29 is 14.7 Å². The number of anilines is 1. The first kappa shape index (κ1) is 9.71. The van der Waals surface area contributed by atoms with Gasteiger partial charge in [0.15, 0.2) is 0 Å². The van der Waals surface area contributed by atoms with E-state index in [9.17, 15) is 14.7 Å². The topological polar surface area (TPSA) is 60.4 Å². The van der Waals surface area contributed by atoms with Gasteiger partial charge in [-0.1, -0.05) is 6.07 Å². The van der Waals surface area contributed by atoms with E-state index in [2.05, 4.69) is 0 Å². The molecule has 0 radical (unpaired) electrons. The van der Waals surface area contributed by atoms with Gasteiger partial charge in [-0.2, -0.15) is 0 Å². The summed E-state index contributed by atoms with van der Waals surface area (Å²) in [4.78, 5) is 23.8. The average molecular weight is 204 g/mol. The molecule has 0 atom stereocenters. The maximum absolute atomic E-state index is 11.5. The summed E-state index contributed by atoms with van der Waals surface area (Å²) in [5.41, 5.74) is 1.70. The van der Waals surface area contributed by atoms with Gasteiger partial charge in [0.1, 0.15) is 0 Å². The molecule has 0 spiro atoms. The van der Waals surface area contributed by atoms with Crippen LogP contribution < -0.4 is 10.0 Å². The van der Waals surface area contributed by atoms with E-state index in [1.807, 2.05) is 6.92 Å². The Labute approximate surface area is 87.1 Å². The summed E-state index contributed by atoms with van der Waals surface area (Å²) in [5.74, 6) is -1.19. The highest BCUT2D eigenvalue weighted by molar-refractivity contribution is 6.02. The number of nitrogens with zero attached hydrogens (tertiary/aromatic N) is 1. The Bertz CT molecular complexity index is 439. The quantitative estimate of drug-likeness (QED) is 0.679. The molecule has 4 nitrogen and oxygen atoms in total. The van der Waals surface area contributed by atoms with Gasteiger partial charge < -0.3 is 14.8 Å². The predicted octanol–water partition coefficient (Wildman–Crippen LogP) is -0.0409. The maximum atomic E-state index is 11.5. The Morgan fingerprint density at radius 1 is 1.53 bits per heavy atom. The number of carboxylic acids is 1. The van der Waals surface area contributed by atoms with E-state index in [0.29, 0.717) is 6.54 Å². The number of benzene rings is 1. The molecular formula is C11H10NO3-. The third kappa shape index (κ3) is 1.48. The number of carbonyl (C=O) groups is 2. The van der Waals surface area contributed by atoms with Gasteiger partial charge in [-0.15, -0.1) is 0 Å². The van der Waals surface area contributed by atoms with Crippen LogP contribution in [0.4, 0.5) is 5.69 Å². The third-order valence-electron chi connectivity index (χ3n) is 2.56. The van der Waals surface area contributed by atoms with Crippen LogP contribution in [-0.4, -0.2) is 18.4 Å². The van der Waals surface area contributed by atoms with Crippen molar-refractivity contribution in [1.29, 1.82) is 0 Å². The molecule has 15 heavy (non-hydrogen) atoms. The van der Waals surface area contributed by atoms with Crippen LogP contribution in [0, 0.1) is 0 Å². The minimum absolute atomic E-state index is 0.0167. The standard InChI is InChI=1S/C11H11NO3/c1-2-12-9-4-3-7(11(14)15)5-8(9)6-10(12)13/h3-5H,2,6H2,1H3,(H,14,15)/p-1. The number of hydrogen-bond acceptors (Lipinski definition) is 3. The van der Waals surface area contributed by atoms with Crippen molar-refractivity contribution in [1.82, 2.24) is 0 Å². The van der Waals surface area contributed by atoms with Crippen LogP contribution in [0.5, 0.6) is 0 Å². The average Bonchev–Trinajstić information content (AvgIpc) is 2.51. The van der Waals surface area contributed by atoms with Gasteiger partial charge in [0, 0.05) is 12.2 Å². The lowest BCUT2D eigenvalue weighted by molar-refractivity contribution is -0.255. The summed E-state index contributed by atoms with van der Waals surface area (Å²) in [7, 11) is 0. The second kappa shape index (κ2) is 3.38. The number of aromatic carboxylic acids is 1. The predicted molar refractivity (Wildman–Crippen MR) is 52.5 cm³/mol. The van der Waals surface area contributed by atoms with E-state index in [-0.39, 0.29) is 17.9 Å². The maximum Gasteiger partial charge on any atom is 0.231 e. The molecule has 0 saturated carbocycles. The number of likely N-dealkylation sites (N-methyl/N-ethyl adjacent to an activating group) is 1. The molecule has 78 valence electrons. The van der Waals surface area contributed by atoms with Crippen LogP contribution >= 0.6 is 0 Å². The normalized spacial score (nSPS) is 14.2. The summed E-state index contributed by atoms with van der Waals surface area (Å²) in [6, 6.07) is 4.64. The highest BCUT2D eigenvalue weighted by atomic mass is 16.4. The van der Waals surface area contributed by atoms with Crippen molar-refractivity contribution in [3.8, 4) is 0 Å². The molecule has 0 fully saturated rings. The molecule has 2 rings (SSSR count). The first-order valence-electron chi connectivity index (χ1n) is 4.78. The molecular weight excluding hydrogens is 194 g/mol. The van der Waals surface area contributed by atoms with E-state index in [0.717, 1.165) is 11.3 Å². The van der Waals surface area contributed by atoms with Crippen molar-refractivity contribution in [2.75, 3.05) is 11.4 Å². The zero-order valence-corrected chi connectivity index (χ0v) is 8.32. The number of amides is 1. The Balaban J connectivity index is 2.46. The zero-order chi connectivity index (χ0) is 11.0. The van der Waals surface area contributed by atoms with Gasteiger partial charge in [-0.3, -0.25) is 4.79 Å². The lowest BCUT2D eigenvalue weighted by Gasteiger charge is -2.14. The fourth-order valence-corrected chi connectivity index (χ4v) is 1.86. The van der Waals surface area contributed by atoms with Crippen LogP contribution in [0.3, 0.4) is 0 Å². The second-order valence-corrected chi connectivity index (χ2v) is 3.45. The molecule has 0 aliphatic carbocycles. The molecule has 1 heterocycles. The molecule has 0 saturated heterocycles. The van der Waals surface area contributed by atoms with Gasteiger partial charge in [0.2, 0.25) is 5.91 Å². The summed E-state index contributed by atoms with van der Waals surface area (Å²) in [5, 5.41) is 10.6. The molecule has 4 heteroatoms. The van der Waals surface area contributed by atoms with E-state index in [1.165, 1.54) is 12.1 Å². The summed E-state index contributed by atoms with van der Waals surface area (Å²) in [6.45, 7) is 2.50. The first-order chi connectivity index (χ1) is 7.13. The second-order valence-electron chi connectivity index (χ2n) is 3.45. The Morgan fingerprint density at radius 3 is 2.87 bits per heavy atom. The minimum atomic E-state index is -1.21. The van der Waals surface area contributed by atoms with Gasteiger partial charge in [0.25, 0.3) is 0 Å². The summed E-state index contributed by atoms with van der Waals surface area (Å²) < 4.78 is 0. The third-order valence-corrected chi connectivity index (χ3v) is 2.56. The van der Waals surface area contributed by atoms with Crippen molar-refractivity contribution >= 4 is 17.6 Å². The largest absolute Gasteiger partial charge is 0.545 e. The van der Waals surface area contributed by atoms with Gasteiger partial charge in [-0.25, -0.2) is 0 Å². The van der Waals surface area contributed by atoms with Crippen molar-refractivity contribution in [3.63, 3.8) is 0 Å². The van der Waals surface area contributed by atoms with Crippen LogP contribution in [0.15, 0.2) is 18.2 Å². The number of carboxylic acid groups (broad SMARTS) is 1. The Hall–Kier alpha value is -1.84. The highest BCUT2D eigenvalue weighted by Gasteiger charge is 2.25. The molecule has 1 aromatic carbocycles. The van der Waals surface area contributed by atoms with Crippen molar-refractivity contribution in [3.05, 3.63) is 29.3 Å². The lowest BCUT2D eigenvalue weighted by atomic mass is 10.1. The zero-order valence-electron chi connectivity index (χ0n) is 8.32. The van der Waals surface area contributed by atoms with Crippen LogP contribution in [-0.2, 0) is 11.2 Å². The van der Waals surface area contributed by atoms with Gasteiger partial charge in [-0.05, 0) is 30.2 Å². The molecule has 1 amide bonds. The molecule has 1 aromatic rings. The van der Waals surface area contributed by atoms with E-state index in [1.54, 1.807) is 11.0 Å². The van der Waals surface area contributed by atoms with Crippen LogP contribution in [0.25, 0.3) is 0 Å². The SMILES string of the molecule is CCN1C(=O)Cc2cc(C(=O)[O-])ccc21. The smallest absolute Gasteiger partial charge is 0.231 e. The van der Waals surface area contributed by atoms with Gasteiger partial charge in [0.05, 0.1) is 12.4 Å². The highest BCUT2D eigenvalue weighted by Crippen LogP contribution is 2.29. The number of fused-ring (bicyclic) bond motifs is 1. The lowest BCUT2D eigenvalue weighted by Crippen LogP contribution is -2.25. The number of hydrogen-bond donors (Lipinski definition) is 0. The molecule has 1 aliphatic heterocycles. The molecule has 0 aromatic heterocycles. The molecule has 0 unspecified atom stereocenters. The first-order valence-corrected chi connectivity index (χ1v) is 4.78. The fraction of sp³-hybridized carbons (Fsp3) is 0.273.